The molecule has 0 unspecified atom stereocenters. The number of rotatable bonds is 4. The Morgan fingerprint density at radius 1 is 1.16 bits per heavy atom. The van der Waals surface area contributed by atoms with E-state index in [-0.39, 0.29) is 22.8 Å². The average Bonchev–Trinajstić information content (AvgIpc) is 3.23. The highest BCUT2D eigenvalue weighted by Crippen LogP contribution is 2.45. The number of nitrogens with one attached hydrogen (secondary N) is 1. The summed E-state index contributed by atoms with van der Waals surface area (Å²) in [5.74, 6) is -0.502. The van der Waals surface area contributed by atoms with E-state index in [1.54, 1.807) is 25.2 Å². The number of piperidine rings is 1. The quantitative estimate of drug-likeness (QED) is 0.379. The van der Waals surface area contributed by atoms with Crippen molar-refractivity contribution in [1.82, 2.24) is 19.0 Å². The maximum Gasteiger partial charge on any atom is 0.417 e. The molecule has 1 atom stereocenters. The number of carbonyl (C=O) groups is 3. The van der Waals surface area contributed by atoms with E-state index in [4.69, 9.17) is 4.74 Å². The lowest BCUT2D eigenvalue weighted by atomic mass is 9.90. The van der Waals surface area contributed by atoms with Crippen LogP contribution < -0.4 is 15.8 Å². The molecule has 0 radical (unpaired) electrons. The third-order valence-corrected chi connectivity index (χ3v) is 7.92. The number of amides is 2. The van der Waals surface area contributed by atoms with Gasteiger partial charge in [-0.15, -0.1) is 0 Å². The van der Waals surface area contributed by atoms with Gasteiger partial charge in [0.1, 0.15) is 5.60 Å². The first kappa shape index (κ1) is 32.1. The fourth-order valence-electron chi connectivity index (χ4n) is 5.40. The Balaban J connectivity index is 1.89. The van der Waals surface area contributed by atoms with Gasteiger partial charge in [0.25, 0.3) is 5.91 Å². The summed E-state index contributed by atoms with van der Waals surface area (Å²) in [6.07, 6.45) is 2.86. The minimum atomic E-state index is -1.24. The number of aromatic nitrogens is 3. The molecule has 4 heterocycles. The van der Waals surface area contributed by atoms with Crippen LogP contribution in [0.15, 0.2) is 33.8 Å². The van der Waals surface area contributed by atoms with Crippen LogP contribution in [0.4, 0.5) is 21.0 Å². The molecule has 0 saturated carbocycles. The van der Waals surface area contributed by atoms with Crippen LogP contribution in [0.1, 0.15) is 70.4 Å². The first-order valence-corrected chi connectivity index (χ1v) is 14.9. The van der Waals surface area contributed by atoms with Crippen molar-refractivity contribution in [1.29, 1.82) is 0 Å². The second-order valence-electron chi connectivity index (χ2n) is 12.9. The molecule has 2 N–H and O–H groups in total. The number of pyridine rings is 2. The minimum Gasteiger partial charge on any atom is -0.464 e. The van der Waals surface area contributed by atoms with Crippen molar-refractivity contribution in [3.05, 3.63) is 50.6 Å². The molecule has 0 aliphatic carbocycles. The highest BCUT2D eigenvalue weighted by molar-refractivity contribution is 9.10. The first-order valence-electron chi connectivity index (χ1n) is 14.1. The summed E-state index contributed by atoms with van der Waals surface area (Å²) < 4.78 is 8.64. The Morgan fingerprint density at radius 3 is 2.42 bits per heavy atom. The normalized spacial score (nSPS) is 15.8. The summed E-state index contributed by atoms with van der Waals surface area (Å²) in [6, 6.07) is 2.56. The number of likely N-dealkylation sites (N-methyl/N-ethyl adjacent to an activating group) is 1. The summed E-state index contributed by atoms with van der Waals surface area (Å²) >= 11 is 3.65. The van der Waals surface area contributed by atoms with Gasteiger partial charge >= 0.3 is 12.2 Å². The van der Waals surface area contributed by atoms with Crippen LogP contribution >= 0.6 is 15.9 Å². The van der Waals surface area contributed by atoms with Gasteiger partial charge in [0.2, 0.25) is 5.56 Å². The highest BCUT2D eigenvalue weighted by Gasteiger charge is 2.36. The van der Waals surface area contributed by atoms with Crippen molar-refractivity contribution < 1.29 is 24.2 Å². The van der Waals surface area contributed by atoms with E-state index in [9.17, 15) is 24.3 Å². The van der Waals surface area contributed by atoms with Crippen molar-refractivity contribution in [3.8, 4) is 0 Å². The van der Waals surface area contributed by atoms with Crippen molar-refractivity contribution in [2.45, 2.75) is 71.4 Å². The van der Waals surface area contributed by atoms with Crippen LogP contribution in [0.5, 0.6) is 0 Å². The van der Waals surface area contributed by atoms with Crippen LogP contribution in [-0.2, 0) is 17.2 Å². The van der Waals surface area contributed by atoms with Gasteiger partial charge < -0.3 is 29.5 Å². The molecule has 1 saturated heterocycles. The van der Waals surface area contributed by atoms with Crippen molar-refractivity contribution in [3.63, 3.8) is 0 Å². The van der Waals surface area contributed by atoms with E-state index in [1.165, 1.54) is 22.9 Å². The summed E-state index contributed by atoms with van der Waals surface area (Å²) in [5.41, 5.74) is 0.121. The number of anilines is 2. The predicted octanol–water partition coefficient (Wildman–Crippen LogP) is 5.41. The largest absolute Gasteiger partial charge is 0.464 e. The Labute approximate surface area is 258 Å². The number of carboxylic acid groups (broad SMARTS) is 1. The molecule has 0 aromatic carbocycles. The lowest BCUT2D eigenvalue weighted by Gasteiger charge is -2.39. The van der Waals surface area contributed by atoms with Crippen molar-refractivity contribution in [2.24, 2.45) is 7.05 Å². The lowest BCUT2D eigenvalue weighted by molar-refractivity contribution is 0.0209. The fraction of sp³-hybridized carbons (Fsp3) is 0.500. The van der Waals surface area contributed by atoms with E-state index < -0.39 is 29.1 Å². The molecule has 3 aromatic heterocycles. The molecule has 4 rings (SSSR count). The number of aryl methyl sites for hydroxylation is 1. The Morgan fingerprint density at radius 2 is 1.84 bits per heavy atom. The highest BCUT2D eigenvalue weighted by atomic mass is 79.9. The standard InChI is InChI=1S/C30H39BrN6O6/c1-29(2,3)24-22(33-26(39)17-11-12-20(38)34(7)15-17)21-23(19(31)14-32-25(21)37(24)27(40)41)36-13-9-10-18(16-36)35(8)28(42)43-30(4,5)6/h11-12,14-15,18H,9-10,13,16H2,1-8H3,(H,33,39)(H,40,41)/t18-/m1/s1. The summed E-state index contributed by atoms with van der Waals surface area (Å²) in [5, 5.41) is 13.8. The molecule has 0 bridgehead atoms. The molecule has 3 aromatic rings. The van der Waals surface area contributed by atoms with Gasteiger partial charge in [0.05, 0.1) is 38.5 Å². The SMILES string of the molecule is CN(C(=O)OC(C)(C)C)[C@@H]1CCCN(c2c(Br)cnc3c2c(NC(=O)c2ccc(=O)n(C)c2)c(C(C)(C)C)n3C(=O)O)C1. The first-order chi connectivity index (χ1) is 19.9. The molecule has 2 amide bonds. The molecule has 43 heavy (non-hydrogen) atoms. The topological polar surface area (TPSA) is 139 Å². The predicted molar refractivity (Wildman–Crippen MR) is 168 cm³/mol. The Kier molecular flexibility index (Phi) is 8.70. The second kappa shape index (κ2) is 11.7. The van der Waals surface area contributed by atoms with Gasteiger partial charge in [-0.1, -0.05) is 20.8 Å². The average molecular weight is 660 g/mol. The summed E-state index contributed by atoms with van der Waals surface area (Å²) in [4.78, 5) is 59.4. The zero-order valence-electron chi connectivity index (χ0n) is 25.8. The Hall–Kier alpha value is -3.87. The third kappa shape index (κ3) is 6.56. The molecule has 1 aliphatic rings. The van der Waals surface area contributed by atoms with Gasteiger partial charge in [-0.05, 0) is 55.6 Å². The van der Waals surface area contributed by atoms with Gasteiger partial charge in [-0.25, -0.2) is 19.1 Å². The lowest BCUT2D eigenvalue weighted by Crippen LogP contribution is -2.50. The van der Waals surface area contributed by atoms with Gasteiger partial charge in [0, 0.05) is 51.1 Å². The van der Waals surface area contributed by atoms with Crippen LogP contribution in [0, 0.1) is 0 Å². The van der Waals surface area contributed by atoms with E-state index >= 15 is 0 Å². The van der Waals surface area contributed by atoms with Gasteiger partial charge in [0.15, 0.2) is 5.65 Å². The Bertz CT molecular complexity index is 1650. The summed E-state index contributed by atoms with van der Waals surface area (Å²) in [6.45, 7) is 12.1. The number of nitrogens with zero attached hydrogens (tertiary/aromatic N) is 5. The van der Waals surface area contributed by atoms with Crippen molar-refractivity contribution in [2.75, 3.05) is 30.4 Å². The number of hydrogen-bond acceptors (Lipinski definition) is 7. The number of hydrogen-bond donors (Lipinski definition) is 2. The molecule has 12 nitrogen and oxygen atoms in total. The van der Waals surface area contributed by atoms with Gasteiger partial charge in [-0.3, -0.25) is 9.59 Å². The zero-order chi connectivity index (χ0) is 32.0. The molecule has 13 heteroatoms. The molecule has 0 spiro atoms. The molecule has 232 valence electrons. The van der Waals surface area contributed by atoms with E-state index in [0.29, 0.717) is 40.0 Å². The van der Waals surface area contributed by atoms with Crippen LogP contribution in [0.2, 0.25) is 0 Å². The van der Waals surface area contributed by atoms with E-state index in [0.717, 1.165) is 17.4 Å². The number of halogens is 1. The zero-order valence-corrected chi connectivity index (χ0v) is 27.4. The smallest absolute Gasteiger partial charge is 0.417 e. The minimum absolute atomic E-state index is 0.175. The van der Waals surface area contributed by atoms with Crippen molar-refractivity contribution >= 4 is 56.4 Å². The number of fused-ring (bicyclic) bond motifs is 1. The molecule has 1 fully saturated rings. The molecular weight excluding hydrogens is 620 g/mol. The maximum atomic E-state index is 13.6. The van der Waals surface area contributed by atoms with Crippen LogP contribution in [-0.4, -0.2) is 74.0 Å². The number of carbonyl (C=O) groups excluding carboxylic acids is 2. The summed E-state index contributed by atoms with van der Waals surface area (Å²) in [7, 11) is 3.27. The molecule has 1 aliphatic heterocycles. The maximum absolute atomic E-state index is 13.6. The van der Waals surface area contributed by atoms with E-state index in [1.807, 2.05) is 41.5 Å². The fourth-order valence-corrected chi connectivity index (χ4v) is 5.95. The second-order valence-corrected chi connectivity index (χ2v) is 13.8. The van der Waals surface area contributed by atoms with Crippen LogP contribution in [0.25, 0.3) is 11.0 Å². The third-order valence-electron chi connectivity index (χ3n) is 7.34. The van der Waals surface area contributed by atoms with Gasteiger partial charge in [-0.2, -0.15) is 0 Å². The monoisotopic (exact) mass is 658 g/mol. The van der Waals surface area contributed by atoms with Crippen LogP contribution in [0.3, 0.4) is 0 Å². The number of ether oxygens (including phenoxy) is 1. The molecular formula is C30H39BrN6O6. The van der Waals surface area contributed by atoms with E-state index in [2.05, 4.69) is 31.1 Å².